The summed E-state index contributed by atoms with van der Waals surface area (Å²) in [6.45, 7) is 2.11. The molecule has 1 heterocycles. The molecule has 5 nitrogen and oxygen atoms in total. The molecule has 136 valence electrons. The second-order valence-electron chi connectivity index (χ2n) is 7.04. The summed E-state index contributed by atoms with van der Waals surface area (Å²) < 4.78 is 23.6. The molecule has 0 bridgehead atoms. The van der Waals surface area contributed by atoms with Gasteiger partial charge in [-0.25, -0.2) is 4.39 Å². The Morgan fingerprint density at radius 3 is 2.69 bits per heavy atom. The number of hydrogen-bond donors (Lipinski definition) is 0. The number of Topliss-reactive ketones (excluding diaryl/α,β-unsaturated/α-hetero) is 1. The van der Waals surface area contributed by atoms with Gasteiger partial charge >= 0.3 is 11.9 Å². The van der Waals surface area contributed by atoms with E-state index in [4.69, 9.17) is 9.47 Å². The van der Waals surface area contributed by atoms with Gasteiger partial charge in [0.2, 0.25) is 0 Å². The molecule has 6 heteroatoms. The zero-order valence-electron chi connectivity index (χ0n) is 14.4. The smallest absolute Gasteiger partial charge is 0.320 e. The number of carbonyl (C=O) groups is 3. The van der Waals surface area contributed by atoms with E-state index < -0.39 is 17.9 Å². The Morgan fingerprint density at radius 2 is 2.00 bits per heavy atom. The van der Waals surface area contributed by atoms with Gasteiger partial charge in [-0.2, -0.15) is 0 Å². The van der Waals surface area contributed by atoms with Gasteiger partial charge in [0.1, 0.15) is 5.82 Å². The predicted molar refractivity (Wildman–Crippen MR) is 89.1 cm³/mol. The molecule has 26 heavy (non-hydrogen) atoms. The molecule has 1 aromatic rings. The van der Waals surface area contributed by atoms with Crippen molar-refractivity contribution in [2.24, 2.45) is 23.7 Å². The number of benzene rings is 1. The molecular formula is C20H19FO5. The molecular weight excluding hydrogens is 339 g/mol. The molecule has 0 amide bonds. The highest BCUT2D eigenvalue weighted by atomic mass is 19.1. The summed E-state index contributed by atoms with van der Waals surface area (Å²) >= 11 is 0. The number of allylic oxidation sites excluding steroid dienone is 2. The SMILES string of the molecule is CCOC(=O)[C@H]1C(=O)OC[C@@H]2C[C@H]3CC(=O)C(c4ccc(F)cc4)=C3[C@@H]21. The van der Waals surface area contributed by atoms with E-state index in [9.17, 15) is 18.8 Å². The molecule has 3 aliphatic rings. The molecule has 0 aromatic heterocycles. The topological polar surface area (TPSA) is 69.7 Å². The number of esters is 2. The Hall–Kier alpha value is -2.50. The number of carbonyl (C=O) groups excluding carboxylic acids is 3. The summed E-state index contributed by atoms with van der Waals surface area (Å²) in [5.74, 6) is -2.99. The van der Waals surface area contributed by atoms with E-state index in [2.05, 4.69) is 0 Å². The van der Waals surface area contributed by atoms with Crippen molar-refractivity contribution in [2.75, 3.05) is 13.2 Å². The molecule has 1 saturated carbocycles. The van der Waals surface area contributed by atoms with E-state index in [1.165, 1.54) is 12.1 Å². The van der Waals surface area contributed by atoms with Crippen molar-refractivity contribution in [1.29, 1.82) is 0 Å². The van der Waals surface area contributed by atoms with Crippen LogP contribution >= 0.6 is 0 Å². The van der Waals surface area contributed by atoms with Crippen LogP contribution in [0.2, 0.25) is 0 Å². The Bertz CT molecular complexity index is 810. The van der Waals surface area contributed by atoms with Crippen molar-refractivity contribution in [3.63, 3.8) is 0 Å². The molecule has 1 aromatic carbocycles. The van der Waals surface area contributed by atoms with Crippen LogP contribution in [0.5, 0.6) is 0 Å². The van der Waals surface area contributed by atoms with Crippen LogP contribution in [-0.4, -0.2) is 30.9 Å². The van der Waals surface area contributed by atoms with Crippen molar-refractivity contribution >= 4 is 23.3 Å². The average Bonchev–Trinajstić information content (AvgIpc) is 3.10. The zero-order chi connectivity index (χ0) is 18.4. The van der Waals surface area contributed by atoms with Crippen LogP contribution in [0.15, 0.2) is 29.8 Å². The van der Waals surface area contributed by atoms with Crippen molar-refractivity contribution < 1.29 is 28.2 Å². The summed E-state index contributed by atoms with van der Waals surface area (Å²) in [5.41, 5.74) is 2.02. The van der Waals surface area contributed by atoms with Gasteiger partial charge in [-0.1, -0.05) is 17.7 Å². The number of rotatable bonds is 3. The molecule has 2 fully saturated rings. The van der Waals surface area contributed by atoms with Crippen molar-refractivity contribution in [1.82, 2.24) is 0 Å². The minimum atomic E-state index is -1.03. The van der Waals surface area contributed by atoms with E-state index in [1.807, 2.05) is 0 Å². The maximum Gasteiger partial charge on any atom is 0.320 e. The number of cyclic esters (lactones) is 1. The second kappa shape index (κ2) is 6.34. The monoisotopic (exact) mass is 358 g/mol. The van der Waals surface area contributed by atoms with Crippen molar-refractivity contribution in [3.8, 4) is 0 Å². The zero-order valence-corrected chi connectivity index (χ0v) is 14.4. The maximum absolute atomic E-state index is 13.3. The largest absolute Gasteiger partial charge is 0.465 e. The normalized spacial score (nSPS) is 30.1. The van der Waals surface area contributed by atoms with Crippen LogP contribution in [0.1, 0.15) is 25.3 Å². The van der Waals surface area contributed by atoms with E-state index in [1.54, 1.807) is 19.1 Å². The van der Waals surface area contributed by atoms with Gasteiger partial charge in [0, 0.05) is 23.8 Å². The van der Waals surface area contributed by atoms with Crippen LogP contribution < -0.4 is 0 Å². The number of ether oxygens (including phenoxy) is 2. The lowest BCUT2D eigenvalue weighted by atomic mass is 9.78. The number of ketones is 1. The summed E-state index contributed by atoms with van der Waals surface area (Å²) in [6.07, 6.45) is 1.07. The lowest BCUT2D eigenvalue weighted by Gasteiger charge is -2.32. The second-order valence-corrected chi connectivity index (χ2v) is 7.04. The van der Waals surface area contributed by atoms with Gasteiger partial charge in [-0.3, -0.25) is 14.4 Å². The first kappa shape index (κ1) is 16.9. The Morgan fingerprint density at radius 1 is 1.27 bits per heavy atom. The fraction of sp³-hybridized carbons (Fsp3) is 0.450. The molecule has 4 rings (SSSR count). The Balaban J connectivity index is 1.82. The first-order valence-corrected chi connectivity index (χ1v) is 8.87. The van der Waals surface area contributed by atoms with E-state index in [0.717, 1.165) is 5.57 Å². The number of fused-ring (bicyclic) bond motifs is 3. The third-order valence-electron chi connectivity index (χ3n) is 5.62. The minimum Gasteiger partial charge on any atom is -0.465 e. The third-order valence-corrected chi connectivity index (χ3v) is 5.62. The molecule has 1 aliphatic heterocycles. The molecule has 0 radical (unpaired) electrons. The summed E-state index contributed by atoms with van der Waals surface area (Å²) in [7, 11) is 0. The highest BCUT2D eigenvalue weighted by Gasteiger charge is 2.56. The Kier molecular flexibility index (Phi) is 4.13. The molecule has 2 aliphatic carbocycles. The summed E-state index contributed by atoms with van der Waals surface area (Å²) in [5, 5.41) is 0. The van der Waals surface area contributed by atoms with Crippen LogP contribution in [0.25, 0.3) is 5.57 Å². The van der Waals surface area contributed by atoms with Gasteiger partial charge in [0.25, 0.3) is 0 Å². The fourth-order valence-corrected chi connectivity index (χ4v) is 4.68. The Labute approximate surface area is 150 Å². The molecule has 0 spiro atoms. The maximum atomic E-state index is 13.3. The van der Waals surface area contributed by atoms with E-state index >= 15 is 0 Å². The minimum absolute atomic E-state index is 0.00368. The molecule has 0 N–H and O–H groups in total. The highest BCUT2D eigenvalue weighted by Crippen LogP contribution is 2.55. The van der Waals surface area contributed by atoms with Crippen LogP contribution in [0.4, 0.5) is 4.39 Å². The van der Waals surface area contributed by atoms with Crippen LogP contribution in [0.3, 0.4) is 0 Å². The number of halogens is 1. The van der Waals surface area contributed by atoms with Crippen LogP contribution in [-0.2, 0) is 23.9 Å². The lowest BCUT2D eigenvalue weighted by Crippen LogP contribution is -2.43. The number of hydrogen-bond acceptors (Lipinski definition) is 5. The summed E-state index contributed by atoms with van der Waals surface area (Å²) in [4.78, 5) is 37.4. The van der Waals surface area contributed by atoms with Gasteiger partial charge < -0.3 is 9.47 Å². The molecule has 0 unspecified atom stereocenters. The lowest BCUT2D eigenvalue weighted by molar-refractivity contribution is -0.171. The van der Waals surface area contributed by atoms with E-state index in [-0.39, 0.29) is 42.6 Å². The van der Waals surface area contributed by atoms with Gasteiger partial charge in [-0.05, 0) is 37.0 Å². The van der Waals surface area contributed by atoms with Crippen LogP contribution in [0, 0.1) is 29.5 Å². The third kappa shape index (κ3) is 2.55. The highest BCUT2D eigenvalue weighted by molar-refractivity contribution is 6.24. The van der Waals surface area contributed by atoms with Gasteiger partial charge in [-0.15, -0.1) is 0 Å². The quantitative estimate of drug-likeness (QED) is 0.613. The standard InChI is InChI=1S/C20H19FO5/c1-2-25-19(23)18-17-12(9-26-20(18)24)7-11-8-14(22)15(16(11)17)10-3-5-13(21)6-4-10/h3-6,11-12,17-18H,2,7-9H2,1H3/t11-,12-,17+,18-/m0/s1. The van der Waals surface area contributed by atoms with E-state index in [0.29, 0.717) is 24.0 Å². The average molecular weight is 358 g/mol. The van der Waals surface area contributed by atoms with Crippen molar-refractivity contribution in [2.45, 2.75) is 19.8 Å². The fourth-order valence-electron chi connectivity index (χ4n) is 4.68. The summed E-state index contributed by atoms with van der Waals surface area (Å²) in [6, 6.07) is 5.78. The first-order valence-electron chi connectivity index (χ1n) is 8.87. The molecule has 1 saturated heterocycles. The molecule has 4 atom stereocenters. The first-order chi connectivity index (χ1) is 12.5. The van der Waals surface area contributed by atoms with Gasteiger partial charge in [0.05, 0.1) is 13.2 Å². The van der Waals surface area contributed by atoms with Crippen molar-refractivity contribution in [3.05, 3.63) is 41.2 Å². The van der Waals surface area contributed by atoms with Gasteiger partial charge in [0.15, 0.2) is 11.7 Å². The predicted octanol–water partition coefficient (Wildman–Crippen LogP) is 2.54.